The van der Waals surface area contributed by atoms with E-state index in [1.807, 2.05) is 0 Å². The van der Waals surface area contributed by atoms with Crippen LogP contribution in [0.3, 0.4) is 0 Å². The molecule has 1 aromatic rings. The number of amides is 2. The minimum absolute atomic E-state index is 0.126. The monoisotopic (exact) mass is 256 g/mol. The van der Waals surface area contributed by atoms with Gasteiger partial charge in [-0.15, -0.1) is 0 Å². The Bertz CT molecular complexity index is 412. The number of nitrogens with one attached hydrogen (secondary N) is 2. The topological polar surface area (TPSA) is 70.6 Å². The van der Waals surface area contributed by atoms with E-state index < -0.39 is 11.8 Å². The molecule has 0 radical (unpaired) electrons. The van der Waals surface area contributed by atoms with Crippen molar-refractivity contribution < 1.29 is 19.0 Å². The first-order chi connectivity index (χ1) is 8.58. The number of hydrogen-bond donors (Lipinski definition) is 3. The van der Waals surface area contributed by atoms with E-state index in [-0.39, 0.29) is 24.9 Å². The summed E-state index contributed by atoms with van der Waals surface area (Å²) in [6, 6.07) is 3.75. The molecule has 100 valence electrons. The third-order valence-electron chi connectivity index (χ3n) is 2.42. The zero-order chi connectivity index (χ0) is 13.5. The summed E-state index contributed by atoms with van der Waals surface area (Å²) in [6.07, 6.45) is 0. The standard InChI is InChI=1S/C12H17FN2O3/c1-8(15-12(17)14-5-6-16)9-3-4-11(18-2)10(13)7-9/h3-4,7-8,16H,5-6H2,1-2H3,(H2,14,15,17). The fourth-order valence-corrected chi connectivity index (χ4v) is 1.45. The smallest absolute Gasteiger partial charge is 0.315 e. The molecule has 1 unspecified atom stereocenters. The molecule has 1 atom stereocenters. The first-order valence-electron chi connectivity index (χ1n) is 5.57. The Morgan fingerprint density at radius 1 is 1.56 bits per heavy atom. The summed E-state index contributed by atoms with van der Waals surface area (Å²) in [7, 11) is 1.39. The van der Waals surface area contributed by atoms with E-state index in [2.05, 4.69) is 10.6 Å². The van der Waals surface area contributed by atoms with E-state index in [9.17, 15) is 9.18 Å². The number of carbonyl (C=O) groups excluding carboxylic acids is 1. The van der Waals surface area contributed by atoms with Crippen LogP contribution in [0.1, 0.15) is 18.5 Å². The van der Waals surface area contributed by atoms with E-state index >= 15 is 0 Å². The Labute approximate surface area is 105 Å². The van der Waals surface area contributed by atoms with Crippen molar-refractivity contribution in [1.29, 1.82) is 0 Å². The maximum atomic E-state index is 13.5. The molecule has 0 aromatic heterocycles. The summed E-state index contributed by atoms with van der Waals surface area (Å²) < 4.78 is 18.3. The average Bonchev–Trinajstić information content (AvgIpc) is 2.36. The minimum Gasteiger partial charge on any atom is -0.494 e. The van der Waals surface area contributed by atoms with Gasteiger partial charge in [0.05, 0.1) is 19.8 Å². The highest BCUT2D eigenvalue weighted by Gasteiger charge is 2.11. The van der Waals surface area contributed by atoms with E-state index in [1.165, 1.54) is 19.2 Å². The largest absolute Gasteiger partial charge is 0.494 e. The number of urea groups is 1. The number of methoxy groups -OCH3 is 1. The van der Waals surface area contributed by atoms with E-state index in [1.54, 1.807) is 13.0 Å². The molecular weight excluding hydrogens is 239 g/mol. The van der Waals surface area contributed by atoms with Crippen LogP contribution in [0.5, 0.6) is 5.75 Å². The zero-order valence-electron chi connectivity index (χ0n) is 10.4. The summed E-state index contributed by atoms with van der Waals surface area (Å²) in [6.45, 7) is 1.79. The molecule has 0 saturated carbocycles. The summed E-state index contributed by atoms with van der Waals surface area (Å²) in [5.41, 5.74) is 0.632. The van der Waals surface area contributed by atoms with Gasteiger partial charge < -0.3 is 20.5 Å². The van der Waals surface area contributed by atoms with Gasteiger partial charge in [-0.05, 0) is 24.6 Å². The molecule has 6 heteroatoms. The molecule has 3 N–H and O–H groups in total. The average molecular weight is 256 g/mol. The van der Waals surface area contributed by atoms with Gasteiger partial charge in [-0.3, -0.25) is 0 Å². The second-order valence-corrected chi connectivity index (χ2v) is 3.74. The normalized spacial score (nSPS) is 11.8. The van der Waals surface area contributed by atoms with Crippen LogP contribution < -0.4 is 15.4 Å². The second kappa shape index (κ2) is 6.80. The number of carbonyl (C=O) groups is 1. The SMILES string of the molecule is COc1ccc(C(C)NC(=O)NCCO)cc1F. The highest BCUT2D eigenvalue weighted by atomic mass is 19.1. The third-order valence-corrected chi connectivity index (χ3v) is 2.42. The lowest BCUT2D eigenvalue weighted by Gasteiger charge is -2.15. The highest BCUT2D eigenvalue weighted by Crippen LogP contribution is 2.21. The molecule has 2 amide bonds. The van der Waals surface area contributed by atoms with Crippen molar-refractivity contribution in [2.45, 2.75) is 13.0 Å². The van der Waals surface area contributed by atoms with Gasteiger partial charge in [-0.25, -0.2) is 9.18 Å². The van der Waals surface area contributed by atoms with Gasteiger partial charge in [0, 0.05) is 6.54 Å². The summed E-state index contributed by atoms with van der Waals surface area (Å²) in [5.74, 6) is -0.310. The summed E-state index contributed by atoms with van der Waals surface area (Å²) >= 11 is 0. The van der Waals surface area contributed by atoms with E-state index in [0.29, 0.717) is 5.56 Å². The minimum atomic E-state index is -0.473. The number of rotatable bonds is 5. The molecule has 0 bridgehead atoms. The lowest BCUT2D eigenvalue weighted by Crippen LogP contribution is -2.38. The first kappa shape index (κ1) is 14.2. The highest BCUT2D eigenvalue weighted by molar-refractivity contribution is 5.74. The molecule has 0 aliphatic carbocycles. The van der Waals surface area contributed by atoms with Crippen molar-refractivity contribution in [3.63, 3.8) is 0 Å². The second-order valence-electron chi connectivity index (χ2n) is 3.74. The van der Waals surface area contributed by atoms with Crippen molar-refractivity contribution >= 4 is 6.03 Å². The van der Waals surface area contributed by atoms with Gasteiger partial charge in [0.2, 0.25) is 0 Å². The fourth-order valence-electron chi connectivity index (χ4n) is 1.45. The molecule has 0 heterocycles. The quantitative estimate of drug-likeness (QED) is 0.741. The Hall–Kier alpha value is -1.82. The Morgan fingerprint density at radius 2 is 2.28 bits per heavy atom. The molecular formula is C12H17FN2O3. The van der Waals surface area contributed by atoms with Gasteiger partial charge in [0.25, 0.3) is 0 Å². The van der Waals surface area contributed by atoms with Gasteiger partial charge in [-0.1, -0.05) is 6.07 Å². The number of aliphatic hydroxyl groups excluding tert-OH is 1. The molecule has 18 heavy (non-hydrogen) atoms. The predicted molar refractivity (Wildman–Crippen MR) is 65.0 cm³/mol. The Balaban J connectivity index is 2.63. The maximum absolute atomic E-state index is 13.5. The molecule has 0 aliphatic rings. The summed E-state index contributed by atoms with van der Waals surface area (Å²) in [4.78, 5) is 11.3. The third kappa shape index (κ3) is 3.89. The van der Waals surface area contributed by atoms with Crippen LogP contribution in [-0.2, 0) is 0 Å². The van der Waals surface area contributed by atoms with Crippen LogP contribution in [0, 0.1) is 5.82 Å². The molecule has 0 aliphatic heterocycles. The Kier molecular flexibility index (Phi) is 5.38. The van der Waals surface area contributed by atoms with Crippen LogP contribution in [-0.4, -0.2) is 31.4 Å². The number of hydrogen-bond acceptors (Lipinski definition) is 3. The van der Waals surface area contributed by atoms with Crippen LogP contribution in [0.25, 0.3) is 0 Å². The number of aliphatic hydroxyl groups is 1. The fraction of sp³-hybridized carbons (Fsp3) is 0.417. The number of ether oxygens (including phenoxy) is 1. The van der Waals surface area contributed by atoms with Crippen LogP contribution in [0.2, 0.25) is 0 Å². The van der Waals surface area contributed by atoms with Gasteiger partial charge in [-0.2, -0.15) is 0 Å². The predicted octanol–water partition coefficient (Wildman–Crippen LogP) is 1.19. The number of benzene rings is 1. The van der Waals surface area contributed by atoms with Crippen LogP contribution in [0.4, 0.5) is 9.18 Å². The Morgan fingerprint density at radius 3 is 2.83 bits per heavy atom. The lowest BCUT2D eigenvalue weighted by molar-refractivity contribution is 0.231. The van der Waals surface area contributed by atoms with Crippen LogP contribution >= 0.6 is 0 Å². The van der Waals surface area contributed by atoms with Crippen LogP contribution in [0.15, 0.2) is 18.2 Å². The van der Waals surface area contributed by atoms with Crippen molar-refractivity contribution in [3.05, 3.63) is 29.6 Å². The van der Waals surface area contributed by atoms with Crippen molar-refractivity contribution in [1.82, 2.24) is 10.6 Å². The van der Waals surface area contributed by atoms with Gasteiger partial charge in [0.1, 0.15) is 0 Å². The molecule has 1 rings (SSSR count). The first-order valence-corrected chi connectivity index (χ1v) is 5.57. The van der Waals surface area contributed by atoms with Crippen molar-refractivity contribution in [2.24, 2.45) is 0 Å². The lowest BCUT2D eigenvalue weighted by atomic mass is 10.1. The van der Waals surface area contributed by atoms with E-state index in [4.69, 9.17) is 9.84 Å². The van der Waals surface area contributed by atoms with E-state index in [0.717, 1.165) is 0 Å². The molecule has 0 saturated heterocycles. The molecule has 1 aromatic carbocycles. The summed E-state index contributed by atoms with van der Waals surface area (Å²) in [5, 5.41) is 13.6. The number of halogens is 1. The molecule has 0 fully saturated rings. The van der Waals surface area contributed by atoms with Crippen molar-refractivity contribution in [3.8, 4) is 5.75 Å². The zero-order valence-corrected chi connectivity index (χ0v) is 10.4. The molecule has 0 spiro atoms. The van der Waals surface area contributed by atoms with Gasteiger partial charge >= 0.3 is 6.03 Å². The van der Waals surface area contributed by atoms with Crippen molar-refractivity contribution in [2.75, 3.05) is 20.3 Å². The van der Waals surface area contributed by atoms with Gasteiger partial charge in [0.15, 0.2) is 11.6 Å². The maximum Gasteiger partial charge on any atom is 0.315 e. The molecule has 5 nitrogen and oxygen atoms in total.